The first-order valence-electron chi connectivity index (χ1n) is 14.0. The number of nitrogens with zero attached hydrogens (tertiary/aromatic N) is 1. The van der Waals surface area contributed by atoms with E-state index < -0.39 is 35.7 Å². The molecule has 2 saturated heterocycles. The van der Waals surface area contributed by atoms with Gasteiger partial charge in [-0.1, -0.05) is 60.7 Å². The molecule has 2 heterocycles. The van der Waals surface area contributed by atoms with Gasteiger partial charge in [-0.05, 0) is 41.7 Å². The summed E-state index contributed by atoms with van der Waals surface area (Å²) < 4.78 is 34.0. The number of carbonyl (C=O) groups is 2. The predicted molar refractivity (Wildman–Crippen MR) is 149 cm³/mol. The van der Waals surface area contributed by atoms with Crippen molar-refractivity contribution in [1.29, 1.82) is 0 Å². The number of benzene rings is 3. The molecule has 2 aliphatic heterocycles. The summed E-state index contributed by atoms with van der Waals surface area (Å²) >= 11 is 0. The van der Waals surface area contributed by atoms with Gasteiger partial charge in [0.1, 0.15) is 11.6 Å². The van der Waals surface area contributed by atoms with Crippen LogP contribution in [0, 0.1) is 17.6 Å². The molecule has 41 heavy (non-hydrogen) atoms. The monoisotopic (exact) mass is 563 g/mol. The Hall–Kier alpha value is -3.66. The Morgan fingerprint density at radius 1 is 1.00 bits per heavy atom. The van der Waals surface area contributed by atoms with Gasteiger partial charge in [0.2, 0.25) is 11.8 Å². The average Bonchev–Trinajstić information content (AvgIpc) is 3.58. The number of amides is 2. The number of halogens is 2. The third-order valence-corrected chi connectivity index (χ3v) is 7.78. The van der Waals surface area contributed by atoms with Gasteiger partial charge in [-0.2, -0.15) is 0 Å². The standard InChI is InChI=1S/C32H35F2N3O4/c33-25-11-23(12-26(34)15-25)13-29(31(39)28-16-27(17-35-28)41-20-22-9-5-2-6-10-22)36-32(40)24-14-30(38)37(19-24)18-21-7-3-1-4-8-21/h1-12,15,24,27-29,31,35,39H,13-14,16-20H2,(H,36,40)/t24-,27+,28+,29-,31+/m0/s1. The van der Waals surface area contributed by atoms with Crippen molar-refractivity contribution in [3.05, 3.63) is 107 Å². The van der Waals surface area contributed by atoms with E-state index in [0.29, 0.717) is 31.7 Å². The maximum absolute atomic E-state index is 14.0. The Bertz CT molecular complexity index is 1310. The molecule has 0 unspecified atom stereocenters. The number of likely N-dealkylation sites (tertiary alicyclic amines) is 1. The van der Waals surface area contributed by atoms with Gasteiger partial charge in [0.25, 0.3) is 0 Å². The van der Waals surface area contributed by atoms with E-state index in [1.165, 1.54) is 12.1 Å². The number of hydrogen-bond acceptors (Lipinski definition) is 5. The second-order valence-electron chi connectivity index (χ2n) is 10.9. The van der Waals surface area contributed by atoms with Crippen molar-refractivity contribution < 1.29 is 28.2 Å². The molecule has 5 atom stereocenters. The SMILES string of the molecule is O=C(N[C@@H](Cc1cc(F)cc(F)c1)[C@H](O)[C@H]1C[C@@H](OCc2ccccc2)CN1)[C@H]1CC(=O)N(Cc2ccccc2)C1. The number of ether oxygens (including phenoxy) is 1. The van der Waals surface area contributed by atoms with Crippen LogP contribution in [0.3, 0.4) is 0 Å². The molecule has 0 saturated carbocycles. The fraction of sp³-hybridized carbons (Fsp3) is 0.375. The van der Waals surface area contributed by atoms with Gasteiger partial charge in [-0.25, -0.2) is 8.78 Å². The summed E-state index contributed by atoms with van der Waals surface area (Å²) in [6, 6.07) is 21.3. The van der Waals surface area contributed by atoms with Crippen molar-refractivity contribution in [3.63, 3.8) is 0 Å². The minimum atomic E-state index is -1.06. The minimum Gasteiger partial charge on any atom is -0.389 e. The highest BCUT2D eigenvalue weighted by atomic mass is 19.1. The molecule has 5 rings (SSSR count). The maximum Gasteiger partial charge on any atom is 0.225 e. The summed E-state index contributed by atoms with van der Waals surface area (Å²) in [7, 11) is 0. The van der Waals surface area contributed by atoms with Crippen molar-refractivity contribution >= 4 is 11.8 Å². The van der Waals surface area contributed by atoms with Crippen LogP contribution in [-0.4, -0.2) is 59.2 Å². The van der Waals surface area contributed by atoms with Gasteiger partial charge >= 0.3 is 0 Å². The second kappa shape index (κ2) is 13.3. The molecule has 0 aromatic heterocycles. The molecule has 2 aliphatic rings. The molecular weight excluding hydrogens is 528 g/mol. The van der Waals surface area contributed by atoms with Gasteiger partial charge < -0.3 is 25.4 Å². The number of carbonyl (C=O) groups excluding carboxylic acids is 2. The normalized spacial score (nSPS) is 22.1. The van der Waals surface area contributed by atoms with Crippen LogP contribution < -0.4 is 10.6 Å². The van der Waals surface area contributed by atoms with Crippen LogP contribution in [0.2, 0.25) is 0 Å². The molecule has 7 nitrogen and oxygen atoms in total. The summed E-state index contributed by atoms with van der Waals surface area (Å²) in [6.45, 7) is 1.63. The lowest BCUT2D eigenvalue weighted by molar-refractivity contribution is -0.129. The number of hydrogen-bond donors (Lipinski definition) is 3. The van der Waals surface area contributed by atoms with Crippen LogP contribution in [0.1, 0.15) is 29.5 Å². The van der Waals surface area contributed by atoms with Gasteiger partial charge in [0.15, 0.2) is 0 Å². The molecule has 9 heteroatoms. The molecule has 0 radical (unpaired) electrons. The smallest absolute Gasteiger partial charge is 0.225 e. The number of nitrogens with one attached hydrogen (secondary N) is 2. The molecule has 3 N–H and O–H groups in total. The van der Waals surface area contributed by atoms with E-state index in [2.05, 4.69) is 10.6 Å². The number of aliphatic hydroxyl groups excluding tert-OH is 1. The van der Waals surface area contributed by atoms with Crippen LogP contribution in [0.4, 0.5) is 8.78 Å². The van der Waals surface area contributed by atoms with Gasteiger partial charge in [0, 0.05) is 38.2 Å². The summed E-state index contributed by atoms with van der Waals surface area (Å²) in [5.41, 5.74) is 2.33. The van der Waals surface area contributed by atoms with E-state index in [4.69, 9.17) is 4.74 Å². The molecule has 0 bridgehead atoms. The lowest BCUT2D eigenvalue weighted by Crippen LogP contribution is -2.53. The van der Waals surface area contributed by atoms with Crippen LogP contribution in [0.15, 0.2) is 78.9 Å². The van der Waals surface area contributed by atoms with Crippen LogP contribution in [0.5, 0.6) is 0 Å². The lowest BCUT2D eigenvalue weighted by atomic mass is 9.94. The van der Waals surface area contributed by atoms with Crippen LogP contribution in [0.25, 0.3) is 0 Å². The van der Waals surface area contributed by atoms with Gasteiger partial charge in [0.05, 0.1) is 30.8 Å². The Labute approximate surface area is 238 Å². The van der Waals surface area contributed by atoms with Crippen molar-refractivity contribution in [1.82, 2.24) is 15.5 Å². The highest BCUT2D eigenvalue weighted by molar-refractivity contribution is 5.89. The zero-order chi connectivity index (χ0) is 28.8. The highest BCUT2D eigenvalue weighted by Crippen LogP contribution is 2.23. The van der Waals surface area contributed by atoms with Crippen LogP contribution in [-0.2, 0) is 33.9 Å². The number of rotatable bonds is 11. The fourth-order valence-electron chi connectivity index (χ4n) is 5.63. The predicted octanol–water partition coefficient (Wildman–Crippen LogP) is 3.35. The maximum atomic E-state index is 14.0. The van der Waals surface area contributed by atoms with Crippen molar-refractivity contribution in [2.24, 2.45) is 5.92 Å². The zero-order valence-corrected chi connectivity index (χ0v) is 22.7. The van der Waals surface area contributed by atoms with E-state index in [9.17, 15) is 23.5 Å². The topological polar surface area (TPSA) is 90.9 Å². The summed E-state index contributed by atoms with van der Waals surface area (Å²) in [4.78, 5) is 27.7. The molecule has 0 aliphatic carbocycles. The highest BCUT2D eigenvalue weighted by Gasteiger charge is 2.39. The molecule has 2 fully saturated rings. The third kappa shape index (κ3) is 7.75. The average molecular weight is 564 g/mol. The lowest BCUT2D eigenvalue weighted by Gasteiger charge is -2.29. The molecule has 2 amide bonds. The molecule has 3 aromatic carbocycles. The number of aliphatic hydroxyl groups is 1. The zero-order valence-electron chi connectivity index (χ0n) is 22.7. The van der Waals surface area contributed by atoms with Crippen LogP contribution >= 0.6 is 0 Å². The first kappa shape index (κ1) is 28.9. The summed E-state index contributed by atoms with van der Waals surface area (Å²) in [5.74, 6) is -2.54. The van der Waals surface area contributed by atoms with Gasteiger partial charge in [-0.15, -0.1) is 0 Å². The summed E-state index contributed by atoms with van der Waals surface area (Å²) in [6.07, 6.45) is -0.619. The van der Waals surface area contributed by atoms with E-state index >= 15 is 0 Å². The Morgan fingerprint density at radius 2 is 1.66 bits per heavy atom. The Kier molecular flexibility index (Phi) is 9.38. The van der Waals surface area contributed by atoms with Crippen molar-refractivity contribution in [2.75, 3.05) is 13.1 Å². The van der Waals surface area contributed by atoms with E-state index in [0.717, 1.165) is 17.2 Å². The molecule has 216 valence electrons. The Morgan fingerprint density at radius 3 is 2.34 bits per heavy atom. The van der Waals surface area contributed by atoms with E-state index in [-0.39, 0.29) is 37.3 Å². The van der Waals surface area contributed by atoms with Crippen molar-refractivity contribution in [2.45, 2.75) is 56.7 Å². The summed E-state index contributed by atoms with van der Waals surface area (Å²) in [5, 5.41) is 17.6. The first-order chi connectivity index (χ1) is 19.8. The fourth-order valence-corrected chi connectivity index (χ4v) is 5.63. The third-order valence-electron chi connectivity index (χ3n) is 7.78. The van der Waals surface area contributed by atoms with Crippen molar-refractivity contribution in [3.8, 4) is 0 Å². The second-order valence-corrected chi connectivity index (χ2v) is 10.9. The first-order valence-corrected chi connectivity index (χ1v) is 14.0. The largest absolute Gasteiger partial charge is 0.389 e. The minimum absolute atomic E-state index is 0.0176. The molecule has 0 spiro atoms. The van der Waals surface area contributed by atoms with Gasteiger partial charge in [-0.3, -0.25) is 9.59 Å². The quantitative estimate of drug-likeness (QED) is 0.333. The van der Waals surface area contributed by atoms with E-state index in [1.807, 2.05) is 60.7 Å². The molecule has 3 aromatic rings. The molecular formula is C32H35F2N3O4. The Balaban J connectivity index is 1.24. The van der Waals surface area contributed by atoms with E-state index in [1.54, 1.807) is 4.90 Å².